The molecule has 2 aromatic carbocycles. The van der Waals surface area contributed by atoms with Crippen molar-refractivity contribution in [2.45, 2.75) is 26.9 Å². The van der Waals surface area contributed by atoms with Crippen LogP contribution in [0.4, 0.5) is 0 Å². The highest BCUT2D eigenvalue weighted by Crippen LogP contribution is 2.29. The topological polar surface area (TPSA) is 90.1 Å². The van der Waals surface area contributed by atoms with Crippen LogP contribution >= 0.6 is 11.3 Å². The first-order valence-corrected chi connectivity index (χ1v) is 10.1. The Labute approximate surface area is 175 Å². The number of fused-ring (bicyclic) bond motifs is 3. The number of aromatic nitrogens is 2. The molecule has 4 aromatic rings. The van der Waals surface area contributed by atoms with E-state index < -0.39 is 12.1 Å². The lowest BCUT2D eigenvalue weighted by Crippen LogP contribution is -2.23. The van der Waals surface area contributed by atoms with Gasteiger partial charge < -0.3 is 14.6 Å². The number of benzene rings is 2. The van der Waals surface area contributed by atoms with Crippen molar-refractivity contribution in [3.05, 3.63) is 61.9 Å². The van der Waals surface area contributed by atoms with Gasteiger partial charge in [0.1, 0.15) is 0 Å². The maximum atomic E-state index is 13.0. The van der Waals surface area contributed by atoms with Gasteiger partial charge in [-0.05, 0) is 67.8 Å². The maximum Gasteiger partial charge on any atom is 0.344 e. The van der Waals surface area contributed by atoms with E-state index in [0.717, 1.165) is 27.7 Å². The van der Waals surface area contributed by atoms with Crippen LogP contribution in [-0.2, 0) is 4.79 Å². The van der Waals surface area contributed by atoms with Gasteiger partial charge in [-0.15, -0.1) is 0 Å². The fourth-order valence-corrected chi connectivity index (χ4v) is 4.17. The first-order valence-electron chi connectivity index (χ1n) is 9.30. The summed E-state index contributed by atoms with van der Waals surface area (Å²) in [6.45, 7) is 5.48. The molecule has 0 amide bonds. The molecule has 0 spiro atoms. The minimum atomic E-state index is -1.07. The van der Waals surface area contributed by atoms with Crippen LogP contribution in [0.25, 0.3) is 22.1 Å². The van der Waals surface area contributed by atoms with Crippen LogP contribution < -0.4 is 19.6 Å². The smallest absolute Gasteiger partial charge is 0.344 e. The van der Waals surface area contributed by atoms with E-state index >= 15 is 0 Å². The number of thiazole rings is 1. The monoisotopic (exact) mass is 424 g/mol. The van der Waals surface area contributed by atoms with Gasteiger partial charge in [0.2, 0.25) is 0 Å². The van der Waals surface area contributed by atoms with Gasteiger partial charge in [-0.2, -0.15) is 0 Å². The Morgan fingerprint density at radius 1 is 1.20 bits per heavy atom. The van der Waals surface area contributed by atoms with Crippen molar-refractivity contribution in [3.63, 3.8) is 0 Å². The van der Waals surface area contributed by atoms with Gasteiger partial charge in [-0.1, -0.05) is 17.4 Å². The zero-order valence-corrected chi connectivity index (χ0v) is 17.7. The number of imidazole rings is 1. The molecule has 8 heteroatoms. The molecule has 0 radical (unpaired) electrons. The molecule has 1 atom stereocenters. The van der Waals surface area contributed by atoms with Gasteiger partial charge in [0.25, 0.3) is 5.56 Å². The van der Waals surface area contributed by atoms with Crippen molar-refractivity contribution in [2.75, 3.05) is 7.11 Å². The molecule has 7 nitrogen and oxygen atoms in total. The van der Waals surface area contributed by atoms with Gasteiger partial charge >= 0.3 is 5.97 Å². The number of hydrogen-bond acceptors (Lipinski definition) is 6. The molecular formula is C22H20N2O5S. The first-order chi connectivity index (χ1) is 14.3. The van der Waals surface area contributed by atoms with Crippen molar-refractivity contribution in [1.82, 2.24) is 9.38 Å². The number of methoxy groups -OCH3 is 1. The molecule has 0 saturated heterocycles. The summed E-state index contributed by atoms with van der Waals surface area (Å²) >= 11 is 1.32. The first kappa shape index (κ1) is 19.9. The molecule has 2 heterocycles. The Balaban J connectivity index is 1.79. The summed E-state index contributed by atoms with van der Waals surface area (Å²) in [7, 11) is 1.48. The third kappa shape index (κ3) is 3.39. The number of hydrogen-bond donors (Lipinski definition) is 1. The molecule has 30 heavy (non-hydrogen) atoms. The molecule has 0 saturated carbocycles. The molecule has 0 aliphatic heterocycles. The fourth-order valence-electron chi connectivity index (χ4n) is 3.18. The minimum absolute atomic E-state index is 0.125. The number of nitrogens with zero attached hydrogens (tertiary/aromatic N) is 2. The summed E-state index contributed by atoms with van der Waals surface area (Å²) in [5, 5.41) is 9.03. The number of carbonyl (C=O) groups is 1. The fraction of sp³-hybridized carbons (Fsp3) is 0.227. The number of aliphatic carboxylic acids is 1. The van der Waals surface area contributed by atoms with E-state index in [0.29, 0.717) is 21.0 Å². The van der Waals surface area contributed by atoms with Crippen molar-refractivity contribution in [1.29, 1.82) is 0 Å². The quantitative estimate of drug-likeness (QED) is 0.530. The van der Waals surface area contributed by atoms with Crippen molar-refractivity contribution < 1.29 is 19.4 Å². The molecule has 0 bridgehead atoms. The third-order valence-electron chi connectivity index (χ3n) is 4.99. The molecule has 154 valence electrons. The molecule has 4 rings (SSSR count). The predicted molar refractivity (Wildman–Crippen MR) is 116 cm³/mol. The van der Waals surface area contributed by atoms with Gasteiger partial charge in [-0.3, -0.25) is 4.79 Å². The molecular weight excluding hydrogens is 404 g/mol. The summed E-state index contributed by atoms with van der Waals surface area (Å²) in [6, 6.07) is 9.07. The van der Waals surface area contributed by atoms with Gasteiger partial charge in [0.15, 0.2) is 22.6 Å². The van der Waals surface area contributed by atoms with Gasteiger partial charge in [0, 0.05) is 0 Å². The minimum Gasteiger partial charge on any atom is -0.493 e. The van der Waals surface area contributed by atoms with Crippen molar-refractivity contribution in [3.8, 4) is 11.5 Å². The molecule has 0 fully saturated rings. The lowest BCUT2D eigenvalue weighted by atomic mass is 10.1. The Morgan fingerprint density at radius 2 is 1.93 bits per heavy atom. The number of aryl methyl sites for hydroxylation is 2. The Hall–Kier alpha value is -3.39. The summed E-state index contributed by atoms with van der Waals surface area (Å²) in [4.78, 5) is 29.3. The van der Waals surface area contributed by atoms with Gasteiger partial charge in [0.05, 0.1) is 22.7 Å². The lowest BCUT2D eigenvalue weighted by Gasteiger charge is -2.14. The molecule has 0 unspecified atom stereocenters. The predicted octanol–water partition coefficient (Wildman–Crippen LogP) is 2.93. The van der Waals surface area contributed by atoms with Crippen LogP contribution in [0.15, 0.2) is 35.1 Å². The van der Waals surface area contributed by atoms with Crippen LogP contribution in [-0.4, -0.2) is 33.7 Å². The normalized spacial score (nSPS) is 13.1. The van der Waals surface area contributed by atoms with Crippen molar-refractivity contribution in [2.24, 2.45) is 0 Å². The van der Waals surface area contributed by atoms with E-state index in [1.165, 1.54) is 25.4 Å². The second kappa shape index (κ2) is 7.46. The molecule has 0 aliphatic rings. The molecule has 1 N–H and O–H groups in total. The number of rotatable bonds is 5. The van der Waals surface area contributed by atoms with Crippen LogP contribution in [0.1, 0.15) is 23.6 Å². The highest BCUT2D eigenvalue weighted by atomic mass is 32.1. The number of ether oxygens (including phenoxy) is 2. The lowest BCUT2D eigenvalue weighted by molar-refractivity contribution is -0.144. The third-order valence-corrected chi connectivity index (χ3v) is 5.96. The Bertz CT molecular complexity index is 1400. The maximum absolute atomic E-state index is 13.0. The average molecular weight is 424 g/mol. The number of carboxylic acid groups (broad SMARTS) is 1. The summed E-state index contributed by atoms with van der Waals surface area (Å²) in [6.07, 6.45) is 0.758. The zero-order chi connectivity index (χ0) is 21.6. The van der Waals surface area contributed by atoms with E-state index in [-0.39, 0.29) is 5.56 Å². The van der Waals surface area contributed by atoms with Crippen LogP contribution in [0, 0.1) is 13.8 Å². The second-order valence-corrected chi connectivity index (χ2v) is 8.09. The Morgan fingerprint density at radius 3 is 2.63 bits per heavy atom. The van der Waals surface area contributed by atoms with Crippen LogP contribution in [0.2, 0.25) is 0 Å². The van der Waals surface area contributed by atoms with Crippen LogP contribution in [0.3, 0.4) is 0 Å². The average Bonchev–Trinajstić information content (AvgIpc) is 3.19. The van der Waals surface area contributed by atoms with E-state index in [1.807, 2.05) is 26.0 Å². The van der Waals surface area contributed by atoms with E-state index in [4.69, 9.17) is 14.6 Å². The largest absolute Gasteiger partial charge is 0.493 e. The Kier molecular flexibility index (Phi) is 4.95. The molecule has 2 aromatic heterocycles. The highest BCUT2D eigenvalue weighted by molar-refractivity contribution is 7.15. The van der Waals surface area contributed by atoms with Crippen LogP contribution in [0.5, 0.6) is 11.5 Å². The standard InChI is InChI=1S/C22H20N2O5S/c1-11-7-15-16(8-12(11)2)24-20(25)19(30-22(24)23-15)10-14-5-6-17(18(9-14)28-4)29-13(3)21(26)27/h5-10,13H,1-4H3,(H,26,27)/t13-/m0/s1. The van der Waals surface area contributed by atoms with Gasteiger partial charge in [-0.25, -0.2) is 14.2 Å². The number of carboxylic acids is 1. The van der Waals surface area contributed by atoms with E-state index in [9.17, 15) is 9.59 Å². The summed E-state index contributed by atoms with van der Waals surface area (Å²) in [5.74, 6) is -0.352. The highest BCUT2D eigenvalue weighted by Gasteiger charge is 2.16. The SMILES string of the molecule is COc1cc(C=c2sc3nc4cc(C)c(C)cc4n3c2=O)ccc1O[C@@H](C)C(=O)O. The summed E-state index contributed by atoms with van der Waals surface area (Å²) < 4.78 is 12.9. The van der Waals surface area contributed by atoms with Crippen molar-refractivity contribution >= 4 is 39.4 Å². The molecule has 0 aliphatic carbocycles. The zero-order valence-electron chi connectivity index (χ0n) is 16.9. The second-order valence-electron chi connectivity index (χ2n) is 7.08. The van der Waals surface area contributed by atoms with E-state index in [1.54, 1.807) is 28.7 Å². The summed E-state index contributed by atoms with van der Waals surface area (Å²) in [5.41, 5.74) is 4.47. The van der Waals surface area contributed by atoms with E-state index in [2.05, 4.69) is 4.98 Å².